The Bertz CT molecular complexity index is 808. The second-order valence-electron chi connectivity index (χ2n) is 6.39. The molecule has 2 bridgehead atoms. The quantitative estimate of drug-likeness (QED) is 0.790. The summed E-state index contributed by atoms with van der Waals surface area (Å²) in [6.07, 6.45) is 2.48. The number of hydrogen-bond donors (Lipinski definition) is 0. The predicted molar refractivity (Wildman–Crippen MR) is 75.4 cm³/mol. The maximum absolute atomic E-state index is 11.8. The van der Waals surface area contributed by atoms with Gasteiger partial charge < -0.3 is 9.30 Å². The lowest BCUT2D eigenvalue weighted by molar-refractivity contribution is -0.199. The van der Waals surface area contributed by atoms with Crippen molar-refractivity contribution in [2.75, 3.05) is 7.11 Å². The van der Waals surface area contributed by atoms with Gasteiger partial charge in [0.15, 0.2) is 0 Å². The van der Waals surface area contributed by atoms with Crippen LogP contribution in [0.3, 0.4) is 0 Å². The van der Waals surface area contributed by atoms with Gasteiger partial charge in [0.1, 0.15) is 5.82 Å². The normalized spacial score (nSPS) is 29.4. The summed E-state index contributed by atoms with van der Waals surface area (Å²) in [7, 11) is 3.45. The monoisotopic (exact) mass is 281 g/mol. The number of ether oxygens (including phenoxy) is 1. The van der Waals surface area contributed by atoms with Crippen LogP contribution in [-0.2, 0) is 22.0 Å². The van der Waals surface area contributed by atoms with Crippen LogP contribution < -0.4 is 0 Å². The third kappa shape index (κ3) is 1.35. The summed E-state index contributed by atoms with van der Waals surface area (Å²) >= 11 is 0. The second-order valence-corrected chi connectivity index (χ2v) is 6.39. The van der Waals surface area contributed by atoms with Gasteiger partial charge in [-0.05, 0) is 37.5 Å². The first-order valence-electron chi connectivity index (χ1n) is 6.99. The summed E-state index contributed by atoms with van der Waals surface area (Å²) in [4.78, 5) is 16.5. The van der Waals surface area contributed by atoms with E-state index in [1.165, 1.54) is 7.11 Å². The lowest BCUT2D eigenvalue weighted by Gasteiger charge is -2.67. The molecule has 106 valence electrons. The topological polar surface area (TPSA) is 67.9 Å². The molecular formula is C16H15N3O2. The van der Waals surface area contributed by atoms with Crippen molar-refractivity contribution < 1.29 is 9.53 Å². The number of carbonyl (C=O) groups is 1. The van der Waals surface area contributed by atoms with Crippen LogP contribution in [0.4, 0.5) is 0 Å². The van der Waals surface area contributed by atoms with Crippen LogP contribution in [0, 0.1) is 16.7 Å². The molecule has 0 aliphatic heterocycles. The van der Waals surface area contributed by atoms with Gasteiger partial charge in [-0.25, -0.2) is 4.98 Å². The molecule has 0 N–H and O–H groups in total. The molecule has 2 aromatic rings. The maximum atomic E-state index is 11.8. The van der Waals surface area contributed by atoms with Gasteiger partial charge in [-0.3, -0.25) is 4.79 Å². The smallest absolute Gasteiger partial charge is 0.311 e. The van der Waals surface area contributed by atoms with Gasteiger partial charge in [0, 0.05) is 12.5 Å². The summed E-state index contributed by atoms with van der Waals surface area (Å²) in [6, 6.07) is 7.71. The molecule has 0 saturated heterocycles. The van der Waals surface area contributed by atoms with E-state index in [9.17, 15) is 4.79 Å². The summed E-state index contributed by atoms with van der Waals surface area (Å²) in [5.41, 5.74) is 2.26. The third-order valence-electron chi connectivity index (χ3n) is 5.13. The summed E-state index contributed by atoms with van der Waals surface area (Å²) in [6.45, 7) is 0. The molecule has 5 heteroatoms. The molecule has 0 atom stereocenters. The molecule has 1 aromatic carbocycles. The Hall–Kier alpha value is -2.35. The van der Waals surface area contributed by atoms with E-state index in [1.807, 2.05) is 25.2 Å². The third-order valence-corrected chi connectivity index (χ3v) is 5.13. The van der Waals surface area contributed by atoms with Gasteiger partial charge in [-0.1, -0.05) is 0 Å². The molecule has 21 heavy (non-hydrogen) atoms. The zero-order valence-corrected chi connectivity index (χ0v) is 12.0. The van der Waals surface area contributed by atoms with Crippen LogP contribution in [-0.4, -0.2) is 22.6 Å². The summed E-state index contributed by atoms with van der Waals surface area (Å²) in [5, 5.41) is 8.98. The molecule has 0 radical (unpaired) electrons. The first kappa shape index (κ1) is 12.4. The Kier molecular flexibility index (Phi) is 2.15. The Balaban J connectivity index is 1.73. The number of carbonyl (C=O) groups excluding carboxylic acids is 1. The highest BCUT2D eigenvalue weighted by molar-refractivity contribution is 5.83. The molecule has 0 spiro atoms. The fourth-order valence-electron chi connectivity index (χ4n) is 4.20. The summed E-state index contributed by atoms with van der Waals surface area (Å²) < 4.78 is 6.99. The Morgan fingerprint density at radius 1 is 1.43 bits per heavy atom. The number of esters is 1. The zero-order valence-electron chi connectivity index (χ0n) is 12.0. The first-order valence-corrected chi connectivity index (χ1v) is 6.99. The van der Waals surface area contributed by atoms with E-state index < -0.39 is 0 Å². The van der Waals surface area contributed by atoms with Crippen LogP contribution in [0.5, 0.6) is 0 Å². The molecule has 1 aromatic heterocycles. The van der Waals surface area contributed by atoms with E-state index in [2.05, 4.69) is 10.6 Å². The molecule has 0 amide bonds. The molecule has 3 aliphatic rings. The number of methoxy groups -OCH3 is 1. The number of imidazole rings is 1. The van der Waals surface area contributed by atoms with Gasteiger partial charge in [-0.15, -0.1) is 0 Å². The van der Waals surface area contributed by atoms with E-state index >= 15 is 0 Å². The number of nitriles is 1. The fraction of sp³-hybridized carbons (Fsp3) is 0.438. The van der Waals surface area contributed by atoms with Crippen molar-refractivity contribution in [3.63, 3.8) is 0 Å². The maximum Gasteiger partial charge on any atom is 0.311 e. The van der Waals surface area contributed by atoms with Crippen molar-refractivity contribution in [3.05, 3.63) is 29.6 Å². The van der Waals surface area contributed by atoms with Crippen LogP contribution >= 0.6 is 0 Å². The molecule has 5 nitrogen and oxygen atoms in total. The van der Waals surface area contributed by atoms with Crippen molar-refractivity contribution in [1.29, 1.82) is 5.26 Å². The predicted octanol–water partition coefficient (Wildman–Crippen LogP) is 2.04. The highest BCUT2D eigenvalue weighted by atomic mass is 16.5. The Labute approximate surface area is 122 Å². The highest BCUT2D eigenvalue weighted by Gasteiger charge is 2.74. The van der Waals surface area contributed by atoms with Gasteiger partial charge in [0.05, 0.1) is 35.2 Å². The van der Waals surface area contributed by atoms with Crippen molar-refractivity contribution in [3.8, 4) is 6.07 Å². The molecule has 3 fully saturated rings. The summed E-state index contributed by atoms with van der Waals surface area (Å²) in [5.74, 6) is 0.938. The molecule has 1 heterocycles. The molecular weight excluding hydrogens is 266 g/mol. The number of aryl methyl sites for hydroxylation is 1. The van der Waals surface area contributed by atoms with E-state index in [1.54, 1.807) is 0 Å². The van der Waals surface area contributed by atoms with E-state index in [0.717, 1.165) is 36.1 Å². The van der Waals surface area contributed by atoms with Crippen molar-refractivity contribution >= 4 is 17.0 Å². The highest BCUT2D eigenvalue weighted by Crippen LogP contribution is 2.73. The first-order chi connectivity index (χ1) is 10.0. The Morgan fingerprint density at radius 2 is 2.14 bits per heavy atom. The van der Waals surface area contributed by atoms with Crippen LogP contribution in [0.15, 0.2) is 18.2 Å². The lowest BCUT2D eigenvalue weighted by atomic mass is 9.35. The van der Waals surface area contributed by atoms with E-state index in [4.69, 9.17) is 15.0 Å². The average Bonchev–Trinajstić information content (AvgIpc) is 2.72. The number of fused-ring (bicyclic) bond motifs is 1. The standard InChI is InChI=1S/C16H15N3O2/c1-19-12-4-3-10(6-17)5-11(12)18-13(19)15-7-16(8-15,9-15)14(20)21-2/h3-5H,7-9H2,1-2H3. The zero-order chi connectivity index (χ0) is 14.8. The molecule has 0 unspecified atom stereocenters. The minimum atomic E-state index is -0.259. The van der Waals surface area contributed by atoms with Gasteiger partial charge in [-0.2, -0.15) is 5.26 Å². The number of rotatable bonds is 2. The second kappa shape index (κ2) is 3.64. The van der Waals surface area contributed by atoms with Crippen LogP contribution in [0.1, 0.15) is 30.7 Å². The van der Waals surface area contributed by atoms with Crippen LogP contribution in [0.25, 0.3) is 11.0 Å². The molecule has 3 saturated carbocycles. The van der Waals surface area contributed by atoms with Gasteiger partial charge >= 0.3 is 5.97 Å². The van der Waals surface area contributed by atoms with E-state index in [0.29, 0.717) is 5.56 Å². The van der Waals surface area contributed by atoms with Crippen LogP contribution in [0.2, 0.25) is 0 Å². The van der Waals surface area contributed by atoms with Crippen molar-refractivity contribution in [2.45, 2.75) is 24.7 Å². The minimum Gasteiger partial charge on any atom is -0.469 e. The SMILES string of the molecule is COC(=O)C12CC(c3nc4cc(C#N)ccc4n3C)(C1)C2. The lowest BCUT2D eigenvalue weighted by Crippen LogP contribution is -2.68. The average molecular weight is 281 g/mol. The number of aromatic nitrogens is 2. The molecule has 3 aliphatic carbocycles. The Morgan fingerprint density at radius 3 is 2.76 bits per heavy atom. The van der Waals surface area contributed by atoms with Gasteiger partial charge in [0.25, 0.3) is 0 Å². The van der Waals surface area contributed by atoms with E-state index in [-0.39, 0.29) is 16.8 Å². The largest absolute Gasteiger partial charge is 0.469 e. The fourth-order valence-corrected chi connectivity index (χ4v) is 4.20. The van der Waals surface area contributed by atoms with Crippen molar-refractivity contribution in [2.24, 2.45) is 12.5 Å². The number of benzene rings is 1. The molecule has 5 rings (SSSR count). The van der Waals surface area contributed by atoms with Gasteiger partial charge in [0.2, 0.25) is 0 Å². The number of hydrogen-bond acceptors (Lipinski definition) is 4. The number of nitrogens with zero attached hydrogens (tertiary/aromatic N) is 3. The van der Waals surface area contributed by atoms with Crippen molar-refractivity contribution in [1.82, 2.24) is 9.55 Å². The minimum absolute atomic E-state index is 0.0226.